The summed E-state index contributed by atoms with van der Waals surface area (Å²) < 4.78 is 6.92. The molecule has 3 heteroatoms. The Bertz CT molecular complexity index is 250. The molecule has 1 aliphatic heterocycles. The third-order valence-electron chi connectivity index (χ3n) is 3.36. The van der Waals surface area contributed by atoms with E-state index in [9.17, 15) is 4.79 Å². The van der Waals surface area contributed by atoms with Gasteiger partial charge in [0.2, 0.25) is 0 Å². The fourth-order valence-corrected chi connectivity index (χ4v) is 7.61. The summed E-state index contributed by atoms with van der Waals surface area (Å²) in [4.78, 5) is 11.0. The van der Waals surface area contributed by atoms with Crippen molar-refractivity contribution >= 4 is 5.97 Å². The summed E-state index contributed by atoms with van der Waals surface area (Å²) in [5.74, 6) is 0.548. The molecule has 2 aliphatic rings. The molecule has 0 N–H and O–H groups in total. The average Bonchev–Trinajstić information content (AvgIpc) is 2.29. The molecule has 14 heavy (non-hydrogen) atoms. The standard InChI is InChI=1S/C11H18IO2/c1-7(13)14-10-5-4-8-6-9(10)11(2,3)12-8/h8-10H,4-6H2,1-3H3/q-1. The van der Waals surface area contributed by atoms with Crippen LogP contribution in [-0.4, -0.2) is 19.4 Å². The van der Waals surface area contributed by atoms with Crippen molar-refractivity contribution in [2.45, 2.75) is 53.5 Å². The fraction of sp³-hybridized carbons (Fsp3) is 0.909. The van der Waals surface area contributed by atoms with Gasteiger partial charge in [0.25, 0.3) is 0 Å². The Morgan fingerprint density at radius 2 is 2.14 bits per heavy atom. The van der Waals surface area contributed by atoms with Crippen LogP contribution in [0.15, 0.2) is 0 Å². The van der Waals surface area contributed by atoms with Crippen molar-refractivity contribution in [2.75, 3.05) is 0 Å². The zero-order chi connectivity index (χ0) is 10.3. The molecule has 2 nitrogen and oxygen atoms in total. The monoisotopic (exact) mass is 309 g/mol. The van der Waals surface area contributed by atoms with Crippen LogP contribution in [0, 0.1) is 5.92 Å². The number of rotatable bonds is 1. The van der Waals surface area contributed by atoms with Crippen LogP contribution in [0.2, 0.25) is 0 Å². The van der Waals surface area contributed by atoms with E-state index in [-0.39, 0.29) is 12.1 Å². The molecular weight excluding hydrogens is 291 g/mol. The number of ether oxygens (including phenoxy) is 1. The zero-order valence-corrected chi connectivity index (χ0v) is 11.2. The molecule has 1 aliphatic carbocycles. The number of fused-ring (bicyclic) bond motifs is 2. The molecule has 2 bridgehead atoms. The molecule has 2 fully saturated rings. The van der Waals surface area contributed by atoms with Gasteiger partial charge in [-0.2, -0.15) is 0 Å². The van der Waals surface area contributed by atoms with E-state index in [1.807, 2.05) is 0 Å². The van der Waals surface area contributed by atoms with Crippen LogP contribution in [0.5, 0.6) is 0 Å². The molecule has 82 valence electrons. The summed E-state index contributed by atoms with van der Waals surface area (Å²) >= 11 is 0.308. The number of hydrogen-bond acceptors (Lipinski definition) is 2. The van der Waals surface area contributed by atoms with Crippen molar-refractivity contribution < 1.29 is 30.7 Å². The molecule has 1 saturated carbocycles. The number of alkyl halides is 2. The quantitative estimate of drug-likeness (QED) is 0.352. The second kappa shape index (κ2) is 3.65. The molecule has 1 heterocycles. The van der Waals surface area contributed by atoms with E-state index in [0.29, 0.717) is 30.5 Å². The van der Waals surface area contributed by atoms with Crippen LogP contribution in [-0.2, 0) is 9.53 Å². The summed E-state index contributed by atoms with van der Waals surface area (Å²) in [7, 11) is 0. The van der Waals surface area contributed by atoms with Gasteiger partial charge in [-0.15, -0.1) is 0 Å². The van der Waals surface area contributed by atoms with Gasteiger partial charge in [0.15, 0.2) is 0 Å². The Labute approximate surface area is 96.0 Å². The van der Waals surface area contributed by atoms with E-state index < -0.39 is 0 Å². The van der Waals surface area contributed by atoms with Crippen LogP contribution >= 0.6 is 0 Å². The fourth-order valence-electron chi connectivity index (χ4n) is 2.75. The molecular formula is C11H18IO2-. The van der Waals surface area contributed by atoms with E-state index in [0.717, 1.165) is 10.3 Å². The van der Waals surface area contributed by atoms with Crippen LogP contribution in [0.25, 0.3) is 0 Å². The Kier molecular flexibility index (Phi) is 2.79. The molecule has 0 spiro atoms. The summed E-state index contributed by atoms with van der Waals surface area (Å²) in [5, 5.41) is 0. The first-order valence-corrected chi connectivity index (χ1v) is 7.63. The molecule has 0 aromatic heterocycles. The molecule has 0 aromatic rings. The van der Waals surface area contributed by atoms with E-state index in [1.165, 1.54) is 19.8 Å². The van der Waals surface area contributed by atoms with Gasteiger partial charge in [-0.1, -0.05) is 0 Å². The first-order valence-electron chi connectivity index (χ1n) is 5.31. The number of halogens is 1. The molecule has 3 unspecified atom stereocenters. The number of esters is 1. The number of carbonyl (C=O) groups excluding carboxylic acids is 1. The van der Waals surface area contributed by atoms with Gasteiger partial charge >= 0.3 is 96.1 Å². The normalized spacial score (nSPS) is 40.1. The van der Waals surface area contributed by atoms with Crippen molar-refractivity contribution in [2.24, 2.45) is 5.92 Å². The predicted molar refractivity (Wildman–Crippen MR) is 50.8 cm³/mol. The SMILES string of the molecule is CC(=O)OC1CCC2CC1C(C)(C)[I-]2. The van der Waals surface area contributed by atoms with Gasteiger partial charge in [0, 0.05) is 0 Å². The minimum atomic E-state index is -0.102. The average molecular weight is 309 g/mol. The van der Waals surface area contributed by atoms with Crippen molar-refractivity contribution in [3.8, 4) is 0 Å². The summed E-state index contributed by atoms with van der Waals surface area (Å²) in [5.41, 5.74) is 0. The first-order chi connectivity index (χ1) is 6.49. The van der Waals surface area contributed by atoms with Gasteiger partial charge < -0.3 is 0 Å². The minimum absolute atomic E-state index is 0.102. The Morgan fingerprint density at radius 3 is 2.79 bits per heavy atom. The maximum atomic E-state index is 11.0. The summed E-state index contributed by atoms with van der Waals surface area (Å²) in [6, 6.07) is 0. The maximum absolute atomic E-state index is 11.0. The third-order valence-corrected chi connectivity index (χ3v) is 7.77. The first kappa shape index (κ1) is 10.7. The van der Waals surface area contributed by atoms with Gasteiger partial charge in [-0.05, 0) is 0 Å². The second-order valence-corrected chi connectivity index (χ2v) is 10.0. The topological polar surface area (TPSA) is 26.3 Å². The third kappa shape index (κ3) is 1.92. The predicted octanol–water partition coefficient (Wildman–Crippen LogP) is -1.03. The molecule has 1 saturated heterocycles. The Hall–Kier alpha value is 0.200. The molecule has 2 rings (SSSR count). The van der Waals surface area contributed by atoms with Gasteiger partial charge in [-0.25, -0.2) is 0 Å². The van der Waals surface area contributed by atoms with Crippen LogP contribution < -0.4 is 21.2 Å². The number of hydrogen-bond donors (Lipinski definition) is 0. The molecule has 3 atom stereocenters. The summed E-state index contributed by atoms with van der Waals surface area (Å²) in [6.07, 6.45) is 3.95. The summed E-state index contributed by atoms with van der Waals surface area (Å²) in [6.45, 7) is 6.27. The van der Waals surface area contributed by atoms with E-state index in [2.05, 4.69) is 13.8 Å². The molecule has 0 amide bonds. The zero-order valence-electron chi connectivity index (χ0n) is 9.05. The second-order valence-electron chi connectivity index (χ2n) is 4.84. The van der Waals surface area contributed by atoms with Gasteiger partial charge in [0.05, 0.1) is 0 Å². The van der Waals surface area contributed by atoms with E-state index in [1.54, 1.807) is 0 Å². The van der Waals surface area contributed by atoms with E-state index >= 15 is 0 Å². The van der Waals surface area contributed by atoms with Gasteiger partial charge in [-0.3, -0.25) is 0 Å². The van der Waals surface area contributed by atoms with Crippen molar-refractivity contribution in [1.29, 1.82) is 0 Å². The van der Waals surface area contributed by atoms with Crippen LogP contribution in [0.4, 0.5) is 0 Å². The van der Waals surface area contributed by atoms with Crippen molar-refractivity contribution in [3.05, 3.63) is 0 Å². The van der Waals surface area contributed by atoms with Crippen molar-refractivity contribution in [1.82, 2.24) is 0 Å². The Balaban J connectivity index is 2.09. The van der Waals surface area contributed by atoms with Crippen LogP contribution in [0.1, 0.15) is 40.0 Å². The Morgan fingerprint density at radius 1 is 1.43 bits per heavy atom. The van der Waals surface area contributed by atoms with E-state index in [4.69, 9.17) is 4.74 Å². The molecule has 0 aromatic carbocycles. The van der Waals surface area contributed by atoms with Gasteiger partial charge in [0.1, 0.15) is 0 Å². The van der Waals surface area contributed by atoms with Crippen LogP contribution in [0.3, 0.4) is 0 Å². The van der Waals surface area contributed by atoms with Crippen molar-refractivity contribution in [3.63, 3.8) is 0 Å². The molecule has 0 radical (unpaired) electrons. The number of carbonyl (C=O) groups is 1.